The largest absolute Gasteiger partial charge is 0.368 e. The van der Waals surface area contributed by atoms with Gasteiger partial charge in [-0.3, -0.25) is 0 Å². The van der Waals surface area contributed by atoms with Crippen LogP contribution in [0.3, 0.4) is 0 Å². The van der Waals surface area contributed by atoms with E-state index in [4.69, 9.17) is 0 Å². The Morgan fingerprint density at radius 2 is 1.71 bits per heavy atom. The number of nitrogens with one attached hydrogen (secondary N) is 1. The van der Waals surface area contributed by atoms with Gasteiger partial charge in [-0.25, -0.2) is 4.79 Å². The summed E-state index contributed by atoms with van der Waals surface area (Å²) in [6.45, 7) is 7.61. The standard InChI is InChI=1S/C20H25N3O/c1-3-17-9-7-8-16(2)19(17)22-12-14-23(15-13-22)20(24)21-18-10-5-4-6-11-18/h4-11H,3,12-15H2,1-2H3,(H,21,24). The first-order valence-corrected chi connectivity index (χ1v) is 8.63. The molecule has 2 amide bonds. The highest BCUT2D eigenvalue weighted by Crippen LogP contribution is 2.26. The van der Waals surface area contributed by atoms with Crippen molar-refractivity contribution in [1.29, 1.82) is 0 Å². The molecule has 2 aromatic carbocycles. The average Bonchev–Trinajstić information content (AvgIpc) is 2.62. The molecule has 0 spiro atoms. The molecule has 1 fully saturated rings. The topological polar surface area (TPSA) is 35.6 Å². The first kappa shape index (κ1) is 16.4. The fourth-order valence-electron chi connectivity index (χ4n) is 3.31. The number of amides is 2. The number of benzene rings is 2. The third-order valence-electron chi connectivity index (χ3n) is 4.61. The maximum atomic E-state index is 12.4. The highest BCUT2D eigenvalue weighted by molar-refractivity contribution is 5.89. The molecule has 1 heterocycles. The van der Waals surface area contributed by atoms with Crippen LogP contribution in [0.15, 0.2) is 48.5 Å². The fourth-order valence-corrected chi connectivity index (χ4v) is 3.31. The molecule has 1 N–H and O–H groups in total. The number of urea groups is 1. The minimum Gasteiger partial charge on any atom is -0.368 e. The lowest BCUT2D eigenvalue weighted by molar-refractivity contribution is 0.208. The molecule has 2 aromatic rings. The van der Waals surface area contributed by atoms with Gasteiger partial charge in [-0.15, -0.1) is 0 Å². The second-order valence-corrected chi connectivity index (χ2v) is 6.21. The predicted octanol–water partition coefficient (Wildman–Crippen LogP) is 3.91. The number of piperazine rings is 1. The zero-order valence-corrected chi connectivity index (χ0v) is 14.5. The summed E-state index contributed by atoms with van der Waals surface area (Å²) in [4.78, 5) is 16.7. The normalized spacial score (nSPS) is 14.6. The van der Waals surface area contributed by atoms with E-state index in [1.807, 2.05) is 35.2 Å². The molecule has 0 radical (unpaired) electrons. The molecule has 4 heteroatoms. The summed E-state index contributed by atoms with van der Waals surface area (Å²) in [5, 5.41) is 2.97. The van der Waals surface area contributed by atoms with Gasteiger partial charge in [0.15, 0.2) is 0 Å². The molecule has 1 aliphatic rings. The number of para-hydroxylation sites is 2. The molecular formula is C20H25N3O. The number of aryl methyl sites for hydroxylation is 2. The van der Waals surface area contributed by atoms with E-state index in [0.717, 1.165) is 38.3 Å². The molecule has 0 unspecified atom stereocenters. The molecule has 3 rings (SSSR count). The van der Waals surface area contributed by atoms with Crippen LogP contribution in [0.1, 0.15) is 18.1 Å². The van der Waals surface area contributed by atoms with E-state index in [0.29, 0.717) is 0 Å². The van der Waals surface area contributed by atoms with Crippen molar-refractivity contribution in [3.8, 4) is 0 Å². The average molecular weight is 323 g/mol. The molecule has 24 heavy (non-hydrogen) atoms. The lowest BCUT2D eigenvalue weighted by Gasteiger charge is -2.37. The number of hydrogen-bond acceptors (Lipinski definition) is 2. The van der Waals surface area contributed by atoms with Crippen LogP contribution in [0.5, 0.6) is 0 Å². The van der Waals surface area contributed by atoms with Crippen LogP contribution in [0.4, 0.5) is 16.2 Å². The van der Waals surface area contributed by atoms with E-state index in [-0.39, 0.29) is 6.03 Å². The SMILES string of the molecule is CCc1cccc(C)c1N1CCN(C(=O)Nc2ccccc2)CC1. The van der Waals surface area contributed by atoms with Gasteiger partial charge in [0.25, 0.3) is 0 Å². The van der Waals surface area contributed by atoms with Crippen molar-refractivity contribution in [1.82, 2.24) is 4.90 Å². The van der Waals surface area contributed by atoms with Crippen molar-refractivity contribution < 1.29 is 4.79 Å². The fraction of sp³-hybridized carbons (Fsp3) is 0.350. The monoisotopic (exact) mass is 323 g/mol. The first-order valence-electron chi connectivity index (χ1n) is 8.63. The maximum absolute atomic E-state index is 12.4. The molecule has 0 saturated carbocycles. The maximum Gasteiger partial charge on any atom is 0.321 e. The number of carbonyl (C=O) groups excluding carboxylic acids is 1. The van der Waals surface area contributed by atoms with Gasteiger partial charge in [0.05, 0.1) is 0 Å². The van der Waals surface area contributed by atoms with Crippen molar-refractivity contribution in [2.75, 3.05) is 36.4 Å². The summed E-state index contributed by atoms with van der Waals surface area (Å²) in [5.41, 5.74) is 4.90. The number of nitrogens with zero attached hydrogens (tertiary/aromatic N) is 2. The molecule has 1 saturated heterocycles. The molecular weight excluding hydrogens is 298 g/mol. The second kappa shape index (κ2) is 7.39. The quantitative estimate of drug-likeness (QED) is 0.929. The lowest BCUT2D eigenvalue weighted by Crippen LogP contribution is -2.50. The highest BCUT2D eigenvalue weighted by Gasteiger charge is 2.23. The third-order valence-corrected chi connectivity index (χ3v) is 4.61. The Morgan fingerprint density at radius 3 is 2.38 bits per heavy atom. The summed E-state index contributed by atoms with van der Waals surface area (Å²) in [7, 11) is 0. The summed E-state index contributed by atoms with van der Waals surface area (Å²) in [6.07, 6.45) is 1.03. The Morgan fingerprint density at radius 1 is 1.00 bits per heavy atom. The van der Waals surface area contributed by atoms with E-state index < -0.39 is 0 Å². The van der Waals surface area contributed by atoms with Crippen molar-refractivity contribution in [3.63, 3.8) is 0 Å². The summed E-state index contributed by atoms with van der Waals surface area (Å²) in [6, 6.07) is 16.1. The molecule has 4 nitrogen and oxygen atoms in total. The molecule has 0 aromatic heterocycles. The number of hydrogen-bond donors (Lipinski definition) is 1. The Kier molecular flexibility index (Phi) is 5.04. The lowest BCUT2D eigenvalue weighted by atomic mass is 10.0. The third kappa shape index (κ3) is 3.53. The number of carbonyl (C=O) groups is 1. The van der Waals surface area contributed by atoms with Gasteiger partial charge < -0.3 is 15.1 Å². The number of anilines is 2. The second-order valence-electron chi connectivity index (χ2n) is 6.21. The van der Waals surface area contributed by atoms with Crippen molar-refractivity contribution in [2.24, 2.45) is 0 Å². The van der Waals surface area contributed by atoms with E-state index in [1.165, 1.54) is 16.8 Å². The zero-order chi connectivity index (χ0) is 16.9. The van der Waals surface area contributed by atoms with Crippen LogP contribution in [0.2, 0.25) is 0 Å². The Labute approximate surface area is 144 Å². The van der Waals surface area contributed by atoms with Gasteiger partial charge in [-0.1, -0.05) is 43.3 Å². The molecule has 0 bridgehead atoms. The minimum absolute atomic E-state index is 0.0126. The van der Waals surface area contributed by atoms with Crippen LogP contribution in [-0.2, 0) is 6.42 Å². The van der Waals surface area contributed by atoms with E-state index in [1.54, 1.807) is 0 Å². The van der Waals surface area contributed by atoms with Crippen LogP contribution in [0.25, 0.3) is 0 Å². The van der Waals surface area contributed by atoms with Gasteiger partial charge in [0.2, 0.25) is 0 Å². The van der Waals surface area contributed by atoms with Crippen molar-refractivity contribution in [2.45, 2.75) is 20.3 Å². The number of rotatable bonds is 3. The van der Waals surface area contributed by atoms with Crippen LogP contribution >= 0.6 is 0 Å². The highest BCUT2D eigenvalue weighted by atomic mass is 16.2. The predicted molar refractivity (Wildman–Crippen MR) is 99.8 cm³/mol. The van der Waals surface area contributed by atoms with Crippen LogP contribution < -0.4 is 10.2 Å². The Hall–Kier alpha value is -2.49. The van der Waals surface area contributed by atoms with Crippen molar-refractivity contribution >= 4 is 17.4 Å². The summed E-state index contributed by atoms with van der Waals surface area (Å²) in [5.74, 6) is 0. The van der Waals surface area contributed by atoms with Gasteiger partial charge in [-0.2, -0.15) is 0 Å². The van der Waals surface area contributed by atoms with Gasteiger partial charge in [0, 0.05) is 37.6 Å². The molecule has 1 aliphatic heterocycles. The van der Waals surface area contributed by atoms with E-state index in [2.05, 4.69) is 42.3 Å². The minimum atomic E-state index is -0.0126. The van der Waals surface area contributed by atoms with Gasteiger partial charge in [-0.05, 0) is 36.6 Å². The van der Waals surface area contributed by atoms with Crippen LogP contribution in [0, 0.1) is 6.92 Å². The molecule has 0 aliphatic carbocycles. The smallest absolute Gasteiger partial charge is 0.321 e. The van der Waals surface area contributed by atoms with E-state index >= 15 is 0 Å². The van der Waals surface area contributed by atoms with Gasteiger partial charge in [0.1, 0.15) is 0 Å². The summed E-state index contributed by atoms with van der Waals surface area (Å²) >= 11 is 0. The zero-order valence-electron chi connectivity index (χ0n) is 14.5. The molecule has 0 atom stereocenters. The Bertz CT molecular complexity index is 691. The van der Waals surface area contributed by atoms with Crippen LogP contribution in [-0.4, -0.2) is 37.1 Å². The Balaban J connectivity index is 1.63. The summed E-state index contributed by atoms with van der Waals surface area (Å²) < 4.78 is 0. The van der Waals surface area contributed by atoms with Crippen molar-refractivity contribution in [3.05, 3.63) is 59.7 Å². The molecule has 126 valence electrons. The van der Waals surface area contributed by atoms with E-state index in [9.17, 15) is 4.79 Å². The van der Waals surface area contributed by atoms with Gasteiger partial charge >= 0.3 is 6.03 Å². The first-order chi connectivity index (χ1) is 11.7.